The van der Waals surface area contributed by atoms with Gasteiger partial charge in [0.25, 0.3) is 11.8 Å². The van der Waals surface area contributed by atoms with Crippen LogP contribution in [-0.4, -0.2) is 40.1 Å². The molecule has 0 radical (unpaired) electrons. The molecule has 1 atom stereocenters. The summed E-state index contributed by atoms with van der Waals surface area (Å²) in [6, 6.07) is 20.7. The third-order valence-corrected chi connectivity index (χ3v) is 4.87. The summed E-state index contributed by atoms with van der Waals surface area (Å²) in [5.74, 6) is 0.394. The van der Waals surface area contributed by atoms with Crippen molar-refractivity contribution in [2.45, 2.75) is 6.17 Å². The minimum absolute atomic E-state index is 0.0677. The van der Waals surface area contributed by atoms with Gasteiger partial charge in [-0.3, -0.25) is 4.79 Å². The number of aromatic nitrogens is 3. The number of benzene rings is 2. The number of para-hydroxylation sites is 1. The van der Waals surface area contributed by atoms with Gasteiger partial charge in [0.1, 0.15) is 0 Å². The zero-order valence-electron chi connectivity index (χ0n) is 17.0. The number of ether oxygens (including phenoxy) is 1. The van der Waals surface area contributed by atoms with E-state index in [0.717, 1.165) is 11.1 Å². The van der Waals surface area contributed by atoms with Gasteiger partial charge in [-0.05, 0) is 12.1 Å². The maximum absolute atomic E-state index is 12.9. The van der Waals surface area contributed by atoms with Crippen molar-refractivity contribution in [2.75, 3.05) is 17.7 Å². The summed E-state index contributed by atoms with van der Waals surface area (Å²) in [6.07, 6.45) is 0.594. The standard InChI is InChI=1S/C23H18N6O3/c1-31-18-12-11-15(13-24-18)22-28-29-23(32-22)27-20-21(30)25-17-10-6-5-9-16(17)19(26-20)14-7-3-2-4-8-14/h2-13,20H,1H3,(H,25,30)(H,27,29)/t20-/m1/s1. The number of nitrogens with one attached hydrogen (secondary N) is 2. The van der Waals surface area contributed by atoms with Gasteiger partial charge in [-0.1, -0.05) is 53.6 Å². The van der Waals surface area contributed by atoms with E-state index in [1.807, 2.05) is 54.6 Å². The molecule has 32 heavy (non-hydrogen) atoms. The van der Waals surface area contributed by atoms with Gasteiger partial charge in [0.2, 0.25) is 12.0 Å². The van der Waals surface area contributed by atoms with E-state index in [1.54, 1.807) is 18.3 Å². The average molecular weight is 426 g/mol. The first kappa shape index (κ1) is 19.4. The number of hydrogen-bond acceptors (Lipinski definition) is 8. The summed E-state index contributed by atoms with van der Waals surface area (Å²) in [5.41, 5.74) is 3.69. The largest absolute Gasteiger partial charge is 0.481 e. The molecular formula is C23H18N6O3. The number of benzodiazepines with no additional fused rings is 1. The summed E-state index contributed by atoms with van der Waals surface area (Å²) in [5, 5.41) is 13.9. The molecule has 2 N–H and O–H groups in total. The first-order valence-electron chi connectivity index (χ1n) is 9.85. The van der Waals surface area contributed by atoms with Crippen molar-refractivity contribution in [2.24, 2.45) is 4.99 Å². The quantitative estimate of drug-likeness (QED) is 0.503. The van der Waals surface area contributed by atoms with Gasteiger partial charge in [0.05, 0.1) is 24.1 Å². The lowest BCUT2D eigenvalue weighted by Gasteiger charge is -2.11. The zero-order valence-corrected chi connectivity index (χ0v) is 17.0. The lowest BCUT2D eigenvalue weighted by atomic mass is 10.0. The van der Waals surface area contributed by atoms with Crippen LogP contribution in [0.1, 0.15) is 11.1 Å². The molecule has 0 bridgehead atoms. The Kier molecular flexibility index (Phi) is 5.04. The van der Waals surface area contributed by atoms with Crippen LogP contribution in [0.5, 0.6) is 5.88 Å². The smallest absolute Gasteiger partial charge is 0.317 e. The minimum Gasteiger partial charge on any atom is -0.481 e. The number of fused-ring (bicyclic) bond motifs is 1. The van der Waals surface area contributed by atoms with Gasteiger partial charge in [0, 0.05) is 23.4 Å². The Bertz CT molecular complexity index is 1280. The Morgan fingerprint density at radius 2 is 1.78 bits per heavy atom. The fourth-order valence-electron chi connectivity index (χ4n) is 3.32. The Labute approximate surface area is 183 Å². The van der Waals surface area contributed by atoms with Gasteiger partial charge in [0.15, 0.2) is 0 Å². The van der Waals surface area contributed by atoms with Crippen molar-refractivity contribution in [1.82, 2.24) is 15.2 Å². The molecule has 5 rings (SSSR count). The van der Waals surface area contributed by atoms with E-state index in [9.17, 15) is 4.79 Å². The number of carbonyl (C=O) groups is 1. The number of anilines is 2. The van der Waals surface area contributed by atoms with Crippen molar-refractivity contribution in [3.63, 3.8) is 0 Å². The van der Waals surface area contributed by atoms with Crippen LogP contribution in [0.4, 0.5) is 11.7 Å². The molecule has 158 valence electrons. The van der Waals surface area contributed by atoms with E-state index < -0.39 is 6.17 Å². The number of methoxy groups -OCH3 is 1. The first-order chi connectivity index (χ1) is 15.7. The van der Waals surface area contributed by atoms with Crippen LogP contribution >= 0.6 is 0 Å². The van der Waals surface area contributed by atoms with E-state index in [1.165, 1.54) is 7.11 Å². The molecule has 0 saturated carbocycles. The number of aliphatic imine (C=N–C) groups is 1. The summed E-state index contributed by atoms with van der Waals surface area (Å²) in [7, 11) is 1.54. The van der Waals surface area contributed by atoms with Crippen molar-refractivity contribution in [3.8, 4) is 17.3 Å². The second kappa shape index (κ2) is 8.31. The predicted molar refractivity (Wildman–Crippen MR) is 119 cm³/mol. The lowest BCUT2D eigenvalue weighted by molar-refractivity contribution is -0.116. The van der Waals surface area contributed by atoms with Gasteiger partial charge >= 0.3 is 6.01 Å². The van der Waals surface area contributed by atoms with Crippen LogP contribution in [0.2, 0.25) is 0 Å². The van der Waals surface area contributed by atoms with Crippen LogP contribution in [0.25, 0.3) is 11.5 Å². The highest BCUT2D eigenvalue weighted by Gasteiger charge is 2.27. The fraction of sp³-hybridized carbons (Fsp3) is 0.0870. The minimum atomic E-state index is -0.972. The van der Waals surface area contributed by atoms with E-state index in [-0.39, 0.29) is 17.8 Å². The van der Waals surface area contributed by atoms with E-state index in [4.69, 9.17) is 14.1 Å². The van der Waals surface area contributed by atoms with Crippen LogP contribution in [-0.2, 0) is 4.79 Å². The molecule has 4 aromatic rings. The lowest BCUT2D eigenvalue weighted by Crippen LogP contribution is -2.32. The van der Waals surface area contributed by atoms with E-state index in [2.05, 4.69) is 25.8 Å². The molecule has 1 amide bonds. The maximum Gasteiger partial charge on any atom is 0.317 e. The Balaban J connectivity index is 1.47. The van der Waals surface area contributed by atoms with Crippen molar-refractivity contribution in [1.29, 1.82) is 0 Å². The Morgan fingerprint density at radius 1 is 0.969 bits per heavy atom. The number of amides is 1. The number of carbonyl (C=O) groups excluding carboxylic acids is 1. The highest BCUT2D eigenvalue weighted by Crippen LogP contribution is 2.25. The molecule has 0 fully saturated rings. The van der Waals surface area contributed by atoms with Gasteiger partial charge in [-0.2, -0.15) is 0 Å². The maximum atomic E-state index is 12.9. The second-order valence-corrected chi connectivity index (χ2v) is 6.93. The molecule has 0 saturated heterocycles. The van der Waals surface area contributed by atoms with Gasteiger partial charge in [-0.15, -0.1) is 5.10 Å². The van der Waals surface area contributed by atoms with Gasteiger partial charge < -0.3 is 19.8 Å². The third kappa shape index (κ3) is 3.79. The molecule has 0 aliphatic carbocycles. The summed E-state index contributed by atoms with van der Waals surface area (Å²) < 4.78 is 10.7. The van der Waals surface area contributed by atoms with Crippen molar-refractivity contribution >= 4 is 23.3 Å². The Hall–Kier alpha value is -4.53. The van der Waals surface area contributed by atoms with Crippen LogP contribution in [0.3, 0.4) is 0 Å². The Morgan fingerprint density at radius 3 is 2.56 bits per heavy atom. The molecule has 1 aliphatic heterocycles. The fourth-order valence-corrected chi connectivity index (χ4v) is 3.32. The highest BCUT2D eigenvalue weighted by molar-refractivity contribution is 6.19. The highest BCUT2D eigenvalue weighted by atomic mass is 16.5. The van der Waals surface area contributed by atoms with Crippen LogP contribution in [0.15, 0.2) is 82.3 Å². The third-order valence-electron chi connectivity index (χ3n) is 4.87. The molecule has 9 nitrogen and oxygen atoms in total. The van der Waals surface area contributed by atoms with Gasteiger partial charge in [-0.25, -0.2) is 9.98 Å². The average Bonchev–Trinajstić information content (AvgIpc) is 3.26. The normalized spacial score (nSPS) is 15.2. The SMILES string of the molecule is COc1ccc(-c2nnc(N[C@H]3N=C(c4ccccc4)c4ccccc4NC3=O)o2)cn1. The molecule has 3 heterocycles. The molecule has 0 spiro atoms. The number of pyridine rings is 1. The summed E-state index contributed by atoms with van der Waals surface area (Å²) >= 11 is 0. The topological polar surface area (TPSA) is 115 Å². The molecule has 2 aromatic heterocycles. The summed E-state index contributed by atoms with van der Waals surface area (Å²) in [4.78, 5) is 21.7. The monoisotopic (exact) mass is 426 g/mol. The first-order valence-corrected chi connectivity index (χ1v) is 9.85. The number of hydrogen-bond donors (Lipinski definition) is 2. The zero-order chi connectivity index (χ0) is 21.9. The molecule has 0 unspecified atom stereocenters. The molecule has 9 heteroatoms. The van der Waals surface area contributed by atoms with Crippen LogP contribution in [0, 0.1) is 0 Å². The molecule has 2 aromatic carbocycles. The molecular weight excluding hydrogens is 408 g/mol. The summed E-state index contributed by atoms with van der Waals surface area (Å²) in [6.45, 7) is 0. The van der Waals surface area contributed by atoms with E-state index in [0.29, 0.717) is 22.8 Å². The second-order valence-electron chi connectivity index (χ2n) is 6.93. The van der Waals surface area contributed by atoms with Crippen molar-refractivity contribution in [3.05, 3.63) is 84.1 Å². The number of rotatable bonds is 5. The predicted octanol–water partition coefficient (Wildman–Crippen LogP) is 3.37. The van der Waals surface area contributed by atoms with E-state index >= 15 is 0 Å². The van der Waals surface area contributed by atoms with Crippen LogP contribution < -0.4 is 15.4 Å². The molecule has 1 aliphatic rings. The van der Waals surface area contributed by atoms with Crippen molar-refractivity contribution < 1.29 is 13.9 Å². The number of nitrogens with zero attached hydrogens (tertiary/aromatic N) is 4.